The maximum Gasteiger partial charge on any atom is 0.236 e. The Morgan fingerprint density at radius 3 is 2.40 bits per heavy atom. The number of nitrogen functional groups attached to an aromatic ring is 1. The van der Waals surface area contributed by atoms with Gasteiger partial charge in [0.1, 0.15) is 0 Å². The maximum absolute atomic E-state index is 12.4. The number of aromatic nitrogens is 2. The first-order valence-corrected chi connectivity index (χ1v) is 6.65. The van der Waals surface area contributed by atoms with Crippen molar-refractivity contribution in [3.8, 4) is 0 Å². The Kier molecular flexibility index (Phi) is 3.06. The zero-order chi connectivity index (χ0) is 14.2. The van der Waals surface area contributed by atoms with Crippen LogP contribution in [0, 0.1) is 0 Å². The summed E-state index contributed by atoms with van der Waals surface area (Å²) < 4.78 is 0. The van der Waals surface area contributed by atoms with Crippen molar-refractivity contribution in [1.29, 1.82) is 0 Å². The average molecular weight is 289 g/mol. The molecule has 3 rings (SSSR count). The van der Waals surface area contributed by atoms with Crippen molar-refractivity contribution < 1.29 is 4.79 Å². The van der Waals surface area contributed by atoms with Crippen molar-refractivity contribution in [2.24, 2.45) is 0 Å². The fourth-order valence-electron chi connectivity index (χ4n) is 2.19. The van der Waals surface area contributed by atoms with Gasteiger partial charge in [-0.1, -0.05) is 23.7 Å². The smallest absolute Gasteiger partial charge is 0.236 e. The molecule has 1 aliphatic rings. The number of benzene rings is 1. The number of carbonyl (C=O) groups is 1. The highest BCUT2D eigenvalue weighted by Crippen LogP contribution is 2.49. The van der Waals surface area contributed by atoms with E-state index < -0.39 is 5.41 Å². The normalized spacial score (nSPS) is 15.7. The van der Waals surface area contributed by atoms with Gasteiger partial charge < -0.3 is 11.1 Å². The van der Waals surface area contributed by atoms with Gasteiger partial charge in [0, 0.05) is 5.69 Å². The predicted molar refractivity (Wildman–Crippen MR) is 77.4 cm³/mol. The molecular weight excluding hydrogens is 276 g/mol. The third kappa shape index (κ3) is 2.32. The van der Waals surface area contributed by atoms with Crippen molar-refractivity contribution in [2.45, 2.75) is 18.3 Å². The number of nitrogens with zero attached hydrogens (tertiary/aromatic N) is 2. The minimum atomic E-state index is -0.463. The summed E-state index contributed by atoms with van der Waals surface area (Å²) in [5, 5.41) is 10.6. The minimum Gasteiger partial charge on any atom is -0.399 e. The number of nitrogens with one attached hydrogen (secondary N) is 1. The number of hydrogen-bond acceptors (Lipinski definition) is 4. The van der Waals surface area contributed by atoms with E-state index in [1.165, 1.54) is 0 Å². The highest BCUT2D eigenvalue weighted by molar-refractivity contribution is 6.29. The van der Waals surface area contributed by atoms with Crippen LogP contribution in [0.1, 0.15) is 18.4 Å². The molecule has 102 valence electrons. The molecule has 0 atom stereocenters. The SMILES string of the molecule is Nc1ccc(C2(C(=O)Nc3ccc(Cl)nn3)CC2)cc1. The number of carbonyl (C=O) groups excluding carboxylic acids is 1. The molecule has 6 heteroatoms. The molecule has 0 bridgehead atoms. The quantitative estimate of drug-likeness (QED) is 0.850. The molecule has 20 heavy (non-hydrogen) atoms. The summed E-state index contributed by atoms with van der Waals surface area (Å²) in [4.78, 5) is 12.4. The summed E-state index contributed by atoms with van der Waals surface area (Å²) in [6, 6.07) is 10.6. The van der Waals surface area contributed by atoms with Crippen molar-refractivity contribution in [2.75, 3.05) is 11.1 Å². The van der Waals surface area contributed by atoms with Crippen LogP contribution in [0.15, 0.2) is 36.4 Å². The van der Waals surface area contributed by atoms with Gasteiger partial charge >= 0.3 is 0 Å². The second-order valence-electron chi connectivity index (χ2n) is 4.90. The number of anilines is 2. The van der Waals surface area contributed by atoms with Crippen LogP contribution < -0.4 is 11.1 Å². The van der Waals surface area contributed by atoms with Crippen LogP contribution in [0.5, 0.6) is 0 Å². The zero-order valence-electron chi connectivity index (χ0n) is 10.6. The zero-order valence-corrected chi connectivity index (χ0v) is 11.4. The first-order valence-electron chi connectivity index (χ1n) is 6.27. The van der Waals surface area contributed by atoms with E-state index in [0.29, 0.717) is 16.7 Å². The lowest BCUT2D eigenvalue weighted by Gasteiger charge is -2.15. The van der Waals surface area contributed by atoms with E-state index in [0.717, 1.165) is 18.4 Å². The van der Waals surface area contributed by atoms with Crippen LogP contribution in [-0.2, 0) is 10.2 Å². The lowest BCUT2D eigenvalue weighted by atomic mass is 9.95. The Labute approximate surface area is 121 Å². The standard InChI is InChI=1S/C14H13ClN4O/c15-11-5-6-12(19-18-11)17-13(20)14(7-8-14)9-1-3-10(16)4-2-9/h1-6H,7-8,16H2,(H,17,19,20). The Morgan fingerprint density at radius 2 is 1.85 bits per heavy atom. The van der Waals surface area contributed by atoms with Crippen molar-refractivity contribution in [3.63, 3.8) is 0 Å². The summed E-state index contributed by atoms with van der Waals surface area (Å²) in [6.45, 7) is 0. The molecule has 0 unspecified atom stereocenters. The second kappa shape index (κ2) is 4.76. The van der Waals surface area contributed by atoms with E-state index in [2.05, 4.69) is 15.5 Å². The van der Waals surface area contributed by atoms with E-state index in [-0.39, 0.29) is 5.91 Å². The Hall–Kier alpha value is -2.14. The van der Waals surface area contributed by atoms with Crippen molar-refractivity contribution >= 4 is 29.0 Å². The largest absolute Gasteiger partial charge is 0.399 e. The first kappa shape index (κ1) is 12.9. The van der Waals surface area contributed by atoms with Gasteiger partial charge in [-0.3, -0.25) is 4.79 Å². The van der Waals surface area contributed by atoms with Crippen LogP contribution in [0.2, 0.25) is 5.15 Å². The van der Waals surface area contributed by atoms with Gasteiger partial charge in [0.2, 0.25) is 5.91 Å². The number of halogens is 1. The molecule has 0 spiro atoms. The number of rotatable bonds is 3. The molecule has 1 aromatic carbocycles. The van der Waals surface area contributed by atoms with E-state index >= 15 is 0 Å². The summed E-state index contributed by atoms with van der Waals surface area (Å²) in [5.41, 5.74) is 6.88. The second-order valence-corrected chi connectivity index (χ2v) is 5.29. The molecule has 1 saturated carbocycles. The highest BCUT2D eigenvalue weighted by atomic mass is 35.5. The van der Waals surface area contributed by atoms with Gasteiger partial charge in [0.25, 0.3) is 0 Å². The molecule has 0 radical (unpaired) electrons. The highest BCUT2D eigenvalue weighted by Gasteiger charge is 2.51. The van der Waals surface area contributed by atoms with Crippen LogP contribution in [0.25, 0.3) is 0 Å². The lowest BCUT2D eigenvalue weighted by Crippen LogP contribution is -2.28. The molecule has 5 nitrogen and oxygen atoms in total. The fourth-order valence-corrected chi connectivity index (χ4v) is 2.29. The molecule has 0 saturated heterocycles. The minimum absolute atomic E-state index is 0.0705. The number of nitrogens with two attached hydrogens (primary N) is 1. The van der Waals surface area contributed by atoms with Gasteiger partial charge in [-0.15, -0.1) is 10.2 Å². The molecule has 1 aliphatic carbocycles. The average Bonchev–Trinajstić information content (AvgIpc) is 3.24. The van der Waals surface area contributed by atoms with E-state index in [1.807, 2.05) is 24.3 Å². The third-order valence-electron chi connectivity index (χ3n) is 3.52. The van der Waals surface area contributed by atoms with Crippen LogP contribution in [-0.4, -0.2) is 16.1 Å². The van der Waals surface area contributed by atoms with Gasteiger partial charge in [0.05, 0.1) is 5.41 Å². The first-order chi connectivity index (χ1) is 9.60. The topological polar surface area (TPSA) is 80.9 Å². The third-order valence-corrected chi connectivity index (χ3v) is 3.72. The van der Waals surface area contributed by atoms with E-state index in [1.54, 1.807) is 12.1 Å². The number of hydrogen-bond donors (Lipinski definition) is 2. The fraction of sp³-hybridized carbons (Fsp3) is 0.214. The van der Waals surface area contributed by atoms with Gasteiger partial charge in [-0.25, -0.2) is 0 Å². The van der Waals surface area contributed by atoms with Gasteiger partial charge in [-0.05, 0) is 42.7 Å². The molecule has 0 aliphatic heterocycles. The van der Waals surface area contributed by atoms with E-state index in [4.69, 9.17) is 17.3 Å². The van der Waals surface area contributed by atoms with Crippen molar-refractivity contribution in [3.05, 3.63) is 47.1 Å². The van der Waals surface area contributed by atoms with Gasteiger partial charge in [0.15, 0.2) is 11.0 Å². The summed E-state index contributed by atoms with van der Waals surface area (Å²) in [7, 11) is 0. The Morgan fingerprint density at radius 1 is 1.15 bits per heavy atom. The molecule has 1 heterocycles. The van der Waals surface area contributed by atoms with Crippen LogP contribution in [0.4, 0.5) is 11.5 Å². The summed E-state index contributed by atoms with van der Waals surface area (Å²) in [6.07, 6.45) is 1.65. The summed E-state index contributed by atoms with van der Waals surface area (Å²) in [5.74, 6) is 0.333. The summed E-state index contributed by atoms with van der Waals surface area (Å²) >= 11 is 5.66. The maximum atomic E-state index is 12.4. The van der Waals surface area contributed by atoms with Crippen LogP contribution >= 0.6 is 11.6 Å². The van der Waals surface area contributed by atoms with E-state index in [9.17, 15) is 4.79 Å². The molecular formula is C14H13ClN4O. The van der Waals surface area contributed by atoms with Crippen LogP contribution in [0.3, 0.4) is 0 Å². The molecule has 1 fully saturated rings. The molecule has 1 aromatic heterocycles. The Balaban J connectivity index is 1.79. The molecule has 1 amide bonds. The molecule has 3 N–H and O–H groups in total. The monoisotopic (exact) mass is 288 g/mol. The van der Waals surface area contributed by atoms with Gasteiger partial charge in [-0.2, -0.15) is 0 Å². The molecule has 2 aromatic rings. The predicted octanol–water partition coefficient (Wildman–Crippen LogP) is 2.38. The number of amides is 1. The lowest BCUT2D eigenvalue weighted by molar-refractivity contribution is -0.118. The van der Waals surface area contributed by atoms with Crippen molar-refractivity contribution in [1.82, 2.24) is 10.2 Å². The Bertz CT molecular complexity index is 635.